The Kier molecular flexibility index (Phi) is 8.00. The van der Waals surface area contributed by atoms with E-state index in [2.05, 4.69) is 13.5 Å². The van der Waals surface area contributed by atoms with Gasteiger partial charge in [0, 0.05) is 6.61 Å². The van der Waals surface area contributed by atoms with E-state index in [4.69, 9.17) is 4.74 Å². The summed E-state index contributed by atoms with van der Waals surface area (Å²) in [6.07, 6.45) is 3.58. The van der Waals surface area contributed by atoms with E-state index in [1.807, 2.05) is 13.8 Å². The normalized spacial score (nSPS) is 21.6. The van der Waals surface area contributed by atoms with Crippen LogP contribution in [0, 0.1) is 11.8 Å². The molecule has 8 nitrogen and oxygen atoms in total. The SMILES string of the molecule is C=CCn1c(=O)n(CC(O)CC(C)CCC)c(=O)n(CC2CC(C)CO2)c1=O. The molecule has 0 radical (unpaired) electrons. The lowest BCUT2D eigenvalue weighted by Crippen LogP contribution is -2.56. The van der Waals surface area contributed by atoms with E-state index in [0.29, 0.717) is 18.9 Å². The molecule has 4 atom stereocenters. The molecular formula is C20H33N3O5. The highest BCUT2D eigenvalue weighted by Gasteiger charge is 2.25. The van der Waals surface area contributed by atoms with Gasteiger partial charge in [-0.15, -0.1) is 6.58 Å². The second-order valence-corrected chi connectivity index (χ2v) is 8.05. The van der Waals surface area contributed by atoms with E-state index < -0.39 is 23.2 Å². The molecule has 0 aliphatic carbocycles. The Hall–Kier alpha value is -1.93. The molecule has 1 aromatic heterocycles. The first kappa shape index (κ1) is 22.4. The smallest absolute Gasteiger partial charge is 0.336 e. The first-order chi connectivity index (χ1) is 13.3. The summed E-state index contributed by atoms with van der Waals surface area (Å²) >= 11 is 0. The zero-order valence-corrected chi connectivity index (χ0v) is 17.2. The summed E-state index contributed by atoms with van der Waals surface area (Å²) < 4.78 is 8.64. The van der Waals surface area contributed by atoms with Crippen molar-refractivity contribution in [2.24, 2.45) is 11.8 Å². The summed E-state index contributed by atoms with van der Waals surface area (Å²) in [5, 5.41) is 10.4. The van der Waals surface area contributed by atoms with Crippen molar-refractivity contribution in [1.82, 2.24) is 13.7 Å². The largest absolute Gasteiger partial charge is 0.391 e. The fourth-order valence-corrected chi connectivity index (χ4v) is 3.86. The van der Waals surface area contributed by atoms with Gasteiger partial charge in [-0.2, -0.15) is 0 Å². The van der Waals surface area contributed by atoms with Crippen molar-refractivity contribution in [2.75, 3.05) is 6.61 Å². The van der Waals surface area contributed by atoms with Crippen molar-refractivity contribution < 1.29 is 9.84 Å². The third-order valence-corrected chi connectivity index (χ3v) is 5.21. The van der Waals surface area contributed by atoms with Crippen molar-refractivity contribution in [2.45, 2.75) is 78.3 Å². The highest BCUT2D eigenvalue weighted by atomic mass is 16.5. The van der Waals surface area contributed by atoms with Gasteiger partial charge in [-0.25, -0.2) is 28.1 Å². The third-order valence-electron chi connectivity index (χ3n) is 5.21. The highest BCUT2D eigenvalue weighted by Crippen LogP contribution is 2.19. The summed E-state index contributed by atoms with van der Waals surface area (Å²) in [5.74, 6) is 0.647. The number of ether oxygens (including phenoxy) is 1. The first-order valence-corrected chi connectivity index (χ1v) is 10.1. The zero-order chi connectivity index (χ0) is 20.8. The highest BCUT2D eigenvalue weighted by molar-refractivity contribution is 4.85. The molecular weight excluding hydrogens is 362 g/mol. The Balaban J connectivity index is 2.38. The molecule has 0 bridgehead atoms. The maximum absolute atomic E-state index is 12.9. The van der Waals surface area contributed by atoms with Crippen LogP contribution >= 0.6 is 0 Å². The number of rotatable bonds is 10. The molecule has 1 aromatic rings. The summed E-state index contributed by atoms with van der Waals surface area (Å²) in [6.45, 7) is 10.3. The number of allylic oxidation sites excluding steroid dienone is 1. The molecule has 0 saturated carbocycles. The van der Waals surface area contributed by atoms with Gasteiger partial charge in [0.25, 0.3) is 0 Å². The van der Waals surface area contributed by atoms with Crippen LogP contribution in [0.25, 0.3) is 0 Å². The lowest BCUT2D eigenvalue weighted by atomic mass is 9.99. The van der Waals surface area contributed by atoms with E-state index in [1.54, 1.807) is 0 Å². The van der Waals surface area contributed by atoms with Crippen LogP contribution in [-0.2, 0) is 24.4 Å². The number of aliphatic hydroxyl groups excluding tert-OH is 1. The molecule has 0 aromatic carbocycles. The average Bonchev–Trinajstić information content (AvgIpc) is 3.04. The average molecular weight is 396 g/mol. The van der Waals surface area contributed by atoms with Crippen molar-refractivity contribution in [1.29, 1.82) is 0 Å². The summed E-state index contributed by atoms with van der Waals surface area (Å²) in [5.41, 5.74) is -2.07. The molecule has 0 spiro atoms. The Bertz CT molecular complexity index is 838. The van der Waals surface area contributed by atoms with Crippen LogP contribution in [0.4, 0.5) is 0 Å². The van der Waals surface area contributed by atoms with Crippen LogP contribution in [0.3, 0.4) is 0 Å². The van der Waals surface area contributed by atoms with Gasteiger partial charge in [-0.3, -0.25) is 0 Å². The Morgan fingerprint density at radius 3 is 2.43 bits per heavy atom. The van der Waals surface area contributed by atoms with Crippen LogP contribution in [0.5, 0.6) is 0 Å². The van der Waals surface area contributed by atoms with Crippen LogP contribution < -0.4 is 17.1 Å². The minimum atomic E-state index is -0.835. The number of aliphatic hydroxyl groups is 1. The molecule has 1 fully saturated rings. The topological polar surface area (TPSA) is 95.5 Å². The van der Waals surface area contributed by atoms with Gasteiger partial charge in [-0.1, -0.05) is 39.7 Å². The van der Waals surface area contributed by atoms with Crippen molar-refractivity contribution in [3.8, 4) is 0 Å². The lowest BCUT2D eigenvalue weighted by Gasteiger charge is -2.19. The Morgan fingerprint density at radius 1 is 1.21 bits per heavy atom. The molecule has 8 heteroatoms. The predicted molar refractivity (Wildman–Crippen MR) is 108 cm³/mol. The summed E-state index contributed by atoms with van der Waals surface area (Å²) in [7, 11) is 0. The van der Waals surface area contributed by atoms with Crippen molar-refractivity contribution in [3.63, 3.8) is 0 Å². The third kappa shape index (κ3) is 5.32. The van der Waals surface area contributed by atoms with Gasteiger partial charge >= 0.3 is 17.1 Å². The predicted octanol–water partition coefficient (Wildman–Crippen LogP) is 0.970. The quantitative estimate of drug-likeness (QED) is 0.596. The van der Waals surface area contributed by atoms with Gasteiger partial charge in [-0.05, 0) is 24.7 Å². The molecule has 1 saturated heterocycles. The van der Waals surface area contributed by atoms with Crippen LogP contribution in [0.1, 0.15) is 46.5 Å². The van der Waals surface area contributed by atoms with Crippen LogP contribution in [0.2, 0.25) is 0 Å². The fraction of sp³-hybridized carbons (Fsp3) is 0.750. The molecule has 0 amide bonds. The van der Waals surface area contributed by atoms with Gasteiger partial charge in [0.15, 0.2) is 0 Å². The monoisotopic (exact) mass is 395 g/mol. The maximum Gasteiger partial charge on any atom is 0.336 e. The molecule has 2 heterocycles. The minimum absolute atomic E-state index is 0.00219. The maximum atomic E-state index is 12.9. The molecule has 158 valence electrons. The Morgan fingerprint density at radius 2 is 1.86 bits per heavy atom. The fourth-order valence-electron chi connectivity index (χ4n) is 3.86. The van der Waals surface area contributed by atoms with E-state index in [-0.39, 0.29) is 31.7 Å². The molecule has 1 aliphatic heterocycles. The Labute approximate surface area is 165 Å². The van der Waals surface area contributed by atoms with Gasteiger partial charge in [0.1, 0.15) is 0 Å². The molecule has 1 N–H and O–H groups in total. The zero-order valence-electron chi connectivity index (χ0n) is 17.2. The summed E-state index contributed by atoms with van der Waals surface area (Å²) in [6, 6.07) is 0. The number of hydrogen-bond acceptors (Lipinski definition) is 5. The van der Waals surface area contributed by atoms with Gasteiger partial charge in [0.05, 0.1) is 31.8 Å². The second kappa shape index (κ2) is 10.0. The lowest BCUT2D eigenvalue weighted by molar-refractivity contribution is 0.0889. The van der Waals surface area contributed by atoms with Gasteiger partial charge < -0.3 is 9.84 Å². The van der Waals surface area contributed by atoms with Crippen LogP contribution in [0.15, 0.2) is 27.0 Å². The molecule has 28 heavy (non-hydrogen) atoms. The summed E-state index contributed by atoms with van der Waals surface area (Å²) in [4.78, 5) is 38.3. The standard InChI is InChI=1S/C20H33N3O5/c1-5-7-14(3)9-16(24)11-22-18(25)21(8-6-2)19(26)23(20(22)27)12-17-10-15(4)13-28-17/h6,14-17,24H,2,5,7-13H2,1,3-4H3. The minimum Gasteiger partial charge on any atom is -0.391 e. The van der Waals surface area contributed by atoms with E-state index in [9.17, 15) is 19.5 Å². The van der Waals surface area contributed by atoms with Crippen molar-refractivity contribution >= 4 is 0 Å². The van der Waals surface area contributed by atoms with Crippen LogP contribution in [-0.4, -0.2) is 37.6 Å². The number of hydrogen-bond donors (Lipinski definition) is 1. The molecule has 2 rings (SSSR count). The first-order valence-electron chi connectivity index (χ1n) is 10.1. The van der Waals surface area contributed by atoms with E-state index >= 15 is 0 Å². The van der Waals surface area contributed by atoms with E-state index in [0.717, 1.165) is 33.0 Å². The number of aromatic nitrogens is 3. The number of nitrogens with zero attached hydrogens (tertiary/aromatic N) is 3. The molecule has 4 unspecified atom stereocenters. The van der Waals surface area contributed by atoms with Crippen molar-refractivity contribution in [3.05, 3.63) is 44.1 Å². The van der Waals surface area contributed by atoms with Gasteiger partial charge in [0.2, 0.25) is 0 Å². The molecule has 1 aliphatic rings. The second-order valence-electron chi connectivity index (χ2n) is 8.05. The van der Waals surface area contributed by atoms with E-state index in [1.165, 1.54) is 6.08 Å².